The van der Waals surface area contributed by atoms with Crippen molar-refractivity contribution in [2.24, 2.45) is 171 Å². The van der Waals surface area contributed by atoms with Crippen molar-refractivity contribution in [3.05, 3.63) is 33.5 Å². The summed E-state index contributed by atoms with van der Waals surface area (Å²) >= 11 is 4.44. The van der Waals surface area contributed by atoms with E-state index in [1.165, 1.54) is 55.3 Å². The Morgan fingerprint density at radius 2 is 1.19 bits per heavy atom. The molecule has 0 amide bonds. The molecule has 0 N–H and O–H groups in total. The van der Waals surface area contributed by atoms with Crippen LogP contribution < -0.4 is 0 Å². The van der Waals surface area contributed by atoms with Crippen LogP contribution in [-0.4, -0.2) is 13.1 Å². The number of hydrogen-bond donors (Lipinski definition) is 0. The smallest absolute Gasteiger partial charge is 0.305 e. The van der Waals surface area contributed by atoms with Crippen LogP contribution in [0.2, 0.25) is 0 Å². The number of esters is 1. The largest absolute Gasteiger partial charge is 0.469 e. The number of methoxy groups -OCH3 is 1. The lowest BCUT2D eigenvalue weighted by Gasteiger charge is -2.62. The average Bonchev–Trinajstić information content (AvgIpc) is 4.04. The third-order valence-electron chi connectivity index (χ3n) is 26.9. The van der Waals surface area contributed by atoms with Gasteiger partial charge in [-0.3, -0.25) is 4.79 Å². The molecule has 19 rings (SSSR count). The molecule has 1 spiro atoms. The molecule has 302 valence electrons. The van der Waals surface area contributed by atoms with Crippen molar-refractivity contribution in [3.63, 3.8) is 0 Å². The van der Waals surface area contributed by atoms with E-state index in [1.807, 2.05) is 4.88 Å². The fourth-order valence-electron chi connectivity index (χ4n) is 28.4. The Balaban J connectivity index is 0.904. The topological polar surface area (TPSA) is 26.3 Å². The molecule has 2 heterocycles. The zero-order valence-corrected chi connectivity index (χ0v) is 36.3. The summed E-state index contributed by atoms with van der Waals surface area (Å²) in [4.78, 5) is 16.1. The lowest BCUT2D eigenvalue weighted by molar-refractivity contribution is -0.154. The van der Waals surface area contributed by atoms with Gasteiger partial charge in [0.25, 0.3) is 0 Å². The van der Waals surface area contributed by atoms with Crippen LogP contribution >= 0.6 is 22.7 Å². The Morgan fingerprint density at radius 1 is 0.638 bits per heavy atom. The molecule has 30 unspecified atom stereocenters. The number of carbonyl (C=O) groups is 1. The third-order valence-corrected chi connectivity index (χ3v) is 29.5. The van der Waals surface area contributed by atoms with E-state index in [4.69, 9.17) is 4.74 Å². The normalized spacial score (nSPS) is 67.8. The second-order valence-electron chi connectivity index (χ2n) is 26.2. The van der Waals surface area contributed by atoms with E-state index in [9.17, 15) is 4.79 Å². The molecule has 58 heavy (non-hydrogen) atoms. The van der Waals surface area contributed by atoms with Gasteiger partial charge in [0.05, 0.1) is 7.11 Å². The SMILES string of the molecule is CCc1cc2sc(C3(CCCCC(=O)OC)C45C=C6CC7CC8CC9CC%10CC%11CC%12CC(C4)C4C%13C%12C%11C%11C%10C%10C9C8C8C7C7C9C8C%10C%11C%13C9C4C53C67)cc2s1. The van der Waals surface area contributed by atoms with Crippen LogP contribution in [0.4, 0.5) is 0 Å². The van der Waals surface area contributed by atoms with Crippen molar-refractivity contribution < 1.29 is 9.53 Å². The number of thiophene rings is 2. The number of carbonyl (C=O) groups excluding carboxylic acids is 1. The number of unbranched alkanes of at least 4 members (excludes halogenated alkanes) is 1. The highest BCUT2D eigenvalue weighted by Crippen LogP contribution is 3.03. The molecule has 0 saturated heterocycles. The maximum absolute atomic E-state index is 12.7. The first-order chi connectivity index (χ1) is 28.5. The maximum Gasteiger partial charge on any atom is 0.305 e. The molecular weight excluding hydrogens is 745 g/mol. The van der Waals surface area contributed by atoms with E-state index in [1.54, 1.807) is 66.3 Å². The van der Waals surface area contributed by atoms with Crippen molar-refractivity contribution in [1.29, 1.82) is 0 Å². The van der Waals surface area contributed by atoms with Crippen molar-refractivity contribution in [1.82, 2.24) is 0 Å². The van der Waals surface area contributed by atoms with Crippen LogP contribution in [0.3, 0.4) is 0 Å². The minimum Gasteiger partial charge on any atom is -0.469 e. The Hall–Kier alpha value is -1.13. The first-order valence-corrected chi connectivity index (χ1v) is 27.5. The molecule has 17 aliphatic rings. The van der Waals surface area contributed by atoms with Crippen molar-refractivity contribution in [3.8, 4) is 0 Å². The predicted octanol–water partition coefficient (Wildman–Crippen LogP) is 11.4. The number of rotatable bonds is 7. The maximum atomic E-state index is 12.7. The molecule has 4 heteroatoms. The van der Waals surface area contributed by atoms with Crippen LogP contribution in [0, 0.1) is 171 Å². The summed E-state index contributed by atoms with van der Waals surface area (Å²) in [6.45, 7) is 2.37. The van der Waals surface area contributed by atoms with Gasteiger partial charge in [0, 0.05) is 41.8 Å². The average molecular weight is 807 g/mol. The number of ether oxygens (including phenoxy) is 1. The number of allylic oxidation sites excluding steroid dienone is 2. The van der Waals surface area contributed by atoms with Crippen molar-refractivity contribution in [2.45, 2.75) is 95.8 Å². The molecule has 16 saturated carbocycles. The summed E-state index contributed by atoms with van der Waals surface area (Å²) in [5.74, 6) is 29.9. The van der Waals surface area contributed by atoms with Crippen molar-refractivity contribution in [2.75, 3.05) is 7.11 Å². The van der Waals surface area contributed by atoms with Gasteiger partial charge in [-0.1, -0.05) is 25.0 Å². The van der Waals surface area contributed by atoms with E-state index in [0.717, 1.165) is 137 Å². The van der Waals surface area contributed by atoms with Gasteiger partial charge in [-0.15, -0.1) is 22.7 Å². The number of hydrogen-bond acceptors (Lipinski definition) is 4. The molecule has 16 fully saturated rings. The van der Waals surface area contributed by atoms with E-state index in [-0.39, 0.29) is 5.97 Å². The lowest BCUT2D eigenvalue weighted by Crippen LogP contribution is -2.59. The Bertz CT molecular complexity index is 2360. The van der Waals surface area contributed by atoms with Crippen LogP contribution in [0.15, 0.2) is 23.8 Å². The van der Waals surface area contributed by atoms with Gasteiger partial charge in [-0.2, -0.15) is 0 Å². The molecule has 2 aromatic rings. The van der Waals surface area contributed by atoms with Gasteiger partial charge in [0.2, 0.25) is 0 Å². The highest BCUT2D eigenvalue weighted by Gasteiger charge is 3.00. The van der Waals surface area contributed by atoms with Gasteiger partial charge in [0.15, 0.2) is 0 Å². The van der Waals surface area contributed by atoms with Gasteiger partial charge in [-0.25, -0.2) is 0 Å². The second kappa shape index (κ2) is 9.25. The van der Waals surface area contributed by atoms with E-state index in [2.05, 4.69) is 53.4 Å². The first-order valence-electron chi connectivity index (χ1n) is 25.8. The zero-order valence-electron chi connectivity index (χ0n) is 34.6. The third kappa shape index (κ3) is 2.68. The van der Waals surface area contributed by atoms with Crippen LogP contribution in [0.1, 0.15) is 93.7 Å². The Morgan fingerprint density at radius 3 is 1.84 bits per heavy atom. The summed E-state index contributed by atoms with van der Waals surface area (Å²) in [6, 6.07) is 5.47. The quantitative estimate of drug-likeness (QED) is 0.158. The highest BCUT2D eigenvalue weighted by molar-refractivity contribution is 7.27. The van der Waals surface area contributed by atoms with Gasteiger partial charge < -0.3 is 4.74 Å². The standard InChI is InChI=1S/C54H62O2S2/c1-3-27-15-28-29(57-27)16-30(58-28)53(7-5-4-6-31(55)56-2)52-17-25-13-23-11-21-10-22-9-19-8-20-12-24-14-26(18-52)50-48-37(24)41-33(20)32(19)39-36(22)40-34(21)35(23)42-38(25)51(54(50,52)53)49-46(42)44(40)43(39)45(41)47(48)49/h15-16,18-25,32-51H,3-14,17H2,1-2H3. The van der Waals surface area contributed by atoms with E-state index in [0.29, 0.717) is 22.7 Å². The molecule has 0 radical (unpaired) electrons. The first kappa shape index (κ1) is 31.7. The number of aryl methyl sites for hydroxylation is 1. The predicted molar refractivity (Wildman–Crippen MR) is 225 cm³/mol. The van der Waals surface area contributed by atoms with Crippen LogP contribution in [0.5, 0.6) is 0 Å². The zero-order chi connectivity index (χ0) is 37.0. The highest BCUT2D eigenvalue weighted by atomic mass is 32.1. The van der Waals surface area contributed by atoms with E-state index >= 15 is 0 Å². The molecule has 2 aromatic heterocycles. The van der Waals surface area contributed by atoms with Gasteiger partial charge in [0.1, 0.15) is 0 Å². The summed E-state index contributed by atoms with van der Waals surface area (Å²) < 4.78 is 8.51. The van der Waals surface area contributed by atoms with Gasteiger partial charge >= 0.3 is 5.97 Å². The fourth-order valence-corrected chi connectivity index (χ4v) is 31.2. The molecule has 30 atom stereocenters. The van der Waals surface area contributed by atoms with Crippen molar-refractivity contribution >= 4 is 38.0 Å². The molecule has 0 aliphatic heterocycles. The summed E-state index contributed by atoms with van der Waals surface area (Å²) in [6.07, 6.45) is 21.8. The van der Waals surface area contributed by atoms with Crippen LogP contribution in [0.25, 0.3) is 9.40 Å². The molecule has 0 aromatic carbocycles. The second-order valence-corrected chi connectivity index (χ2v) is 28.4. The monoisotopic (exact) mass is 806 g/mol. The molecule has 17 aliphatic carbocycles. The summed E-state index contributed by atoms with van der Waals surface area (Å²) in [5.41, 5.74) is 3.27. The van der Waals surface area contributed by atoms with E-state index < -0.39 is 0 Å². The molecule has 2 nitrogen and oxygen atoms in total. The Labute approximate surface area is 352 Å². The fraction of sp³-hybridized carbons (Fsp3) is 0.833. The lowest BCUT2D eigenvalue weighted by atomic mass is 9.41. The van der Waals surface area contributed by atoms with Crippen LogP contribution in [-0.2, 0) is 21.4 Å². The number of fused-ring (bicyclic) bond motifs is 1. The Kier molecular flexibility index (Phi) is 5.05. The summed E-state index contributed by atoms with van der Waals surface area (Å²) in [5, 5.41) is 0. The summed E-state index contributed by atoms with van der Waals surface area (Å²) in [7, 11) is 1.61. The minimum atomic E-state index is 0.0149. The molecule has 0 bridgehead atoms. The van der Waals surface area contributed by atoms with Gasteiger partial charge in [-0.05, 0) is 243 Å². The molecular formula is C54H62O2S2. The minimum absolute atomic E-state index is 0.0149.